The molecule has 0 N–H and O–H groups in total. The molecule has 2 unspecified atom stereocenters. The minimum Gasteiger partial charge on any atom is -0.462 e. The maximum Gasteiger partial charge on any atom is 0.306 e. The molecule has 21 heavy (non-hydrogen) atoms. The zero-order valence-electron chi connectivity index (χ0n) is 14.6. The summed E-state index contributed by atoms with van der Waals surface area (Å²) in [6, 6.07) is 0.621. The van der Waals surface area contributed by atoms with Gasteiger partial charge in [0.15, 0.2) is 0 Å². The van der Waals surface area contributed by atoms with E-state index in [0.717, 1.165) is 19.3 Å². The van der Waals surface area contributed by atoms with Crippen LogP contribution in [0.1, 0.15) is 67.2 Å². The number of piperidine rings is 1. The van der Waals surface area contributed by atoms with E-state index < -0.39 is 0 Å². The average Bonchev–Trinajstić information content (AvgIpc) is 2.39. The first-order chi connectivity index (χ1) is 9.90. The predicted octanol–water partition coefficient (Wildman–Crippen LogP) is 3.79. The fourth-order valence-electron chi connectivity index (χ4n) is 3.11. The number of hydrogen-bond acceptors (Lipinski definition) is 4. The highest BCUT2D eigenvalue weighted by atomic mass is 16.7. The molecule has 1 aliphatic heterocycles. The first kappa shape index (κ1) is 18.4. The highest BCUT2D eigenvalue weighted by molar-refractivity contribution is 5.69. The lowest BCUT2D eigenvalue weighted by molar-refractivity contribution is -0.253. The largest absolute Gasteiger partial charge is 0.462 e. The predicted molar refractivity (Wildman–Crippen MR) is 84.7 cm³/mol. The molecule has 2 atom stereocenters. The second-order valence-corrected chi connectivity index (χ2v) is 6.73. The summed E-state index contributed by atoms with van der Waals surface area (Å²) in [5, 5.41) is 2.18. The maximum atomic E-state index is 11.8. The van der Waals surface area contributed by atoms with Gasteiger partial charge in [-0.1, -0.05) is 34.6 Å². The third-order valence-corrected chi connectivity index (χ3v) is 4.23. The van der Waals surface area contributed by atoms with Gasteiger partial charge in [0.2, 0.25) is 0 Å². The Morgan fingerprint density at radius 1 is 1.10 bits per heavy atom. The van der Waals surface area contributed by atoms with Crippen LogP contribution in [0.4, 0.5) is 0 Å². The molecular formula is C17H33NO3. The molecule has 1 saturated heterocycles. The van der Waals surface area contributed by atoms with Crippen molar-refractivity contribution in [2.75, 3.05) is 6.61 Å². The molecule has 1 aliphatic rings. The van der Waals surface area contributed by atoms with Crippen molar-refractivity contribution >= 4 is 5.97 Å². The number of ether oxygens (including phenoxy) is 1. The Hall–Kier alpha value is -0.610. The summed E-state index contributed by atoms with van der Waals surface area (Å²) >= 11 is 0. The molecule has 0 aromatic carbocycles. The Labute approximate surface area is 130 Å². The monoisotopic (exact) mass is 299 g/mol. The number of nitrogens with zero attached hydrogens (tertiary/aromatic N) is 1. The van der Waals surface area contributed by atoms with Gasteiger partial charge in [0.25, 0.3) is 0 Å². The summed E-state index contributed by atoms with van der Waals surface area (Å²) in [5.74, 6) is 0.897. The van der Waals surface area contributed by atoms with Crippen LogP contribution in [0.2, 0.25) is 0 Å². The topological polar surface area (TPSA) is 38.8 Å². The lowest BCUT2D eigenvalue weighted by Gasteiger charge is -2.46. The molecule has 0 aromatic heterocycles. The van der Waals surface area contributed by atoms with Gasteiger partial charge in [-0.25, -0.2) is 0 Å². The van der Waals surface area contributed by atoms with Crippen LogP contribution >= 0.6 is 0 Å². The minimum absolute atomic E-state index is 0.0283. The zero-order valence-corrected chi connectivity index (χ0v) is 14.6. The molecule has 1 fully saturated rings. The Morgan fingerprint density at radius 3 is 2.00 bits per heavy atom. The van der Waals surface area contributed by atoms with Gasteiger partial charge in [0.05, 0.1) is 6.61 Å². The van der Waals surface area contributed by atoms with Crippen molar-refractivity contribution in [3.8, 4) is 0 Å². The third-order valence-electron chi connectivity index (χ3n) is 4.23. The van der Waals surface area contributed by atoms with Crippen molar-refractivity contribution in [2.24, 2.45) is 11.8 Å². The number of carbonyl (C=O) groups is 1. The van der Waals surface area contributed by atoms with Gasteiger partial charge in [-0.3, -0.25) is 9.63 Å². The van der Waals surface area contributed by atoms with E-state index in [2.05, 4.69) is 32.8 Å². The molecule has 124 valence electrons. The lowest BCUT2D eigenvalue weighted by Crippen LogP contribution is -2.55. The molecule has 0 amide bonds. The van der Waals surface area contributed by atoms with E-state index in [-0.39, 0.29) is 12.1 Å². The minimum atomic E-state index is -0.0580. The molecule has 0 bridgehead atoms. The highest BCUT2D eigenvalue weighted by Crippen LogP contribution is 2.33. The van der Waals surface area contributed by atoms with Crippen molar-refractivity contribution in [3.05, 3.63) is 0 Å². The normalized spacial score (nSPS) is 27.3. The average molecular weight is 299 g/mol. The summed E-state index contributed by atoms with van der Waals surface area (Å²) in [6.45, 7) is 13.6. The molecule has 0 aliphatic carbocycles. The molecule has 1 rings (SSSR count). The second-order valence-electron chi connectivity index (χ2n) is 6.73. The smallest absolute Gasteiger partial charge is 0.306 e. The molecule has 0 radical (unpaired) electrons. The summed E-state index contributed by atoms with van der Waals surface area (Å²) in [7, 11) is 0. The van der Waals surface area contributed by atoms with E-state index >= 15 is 0 Å². The zero-order chi connectivity index (χ0) is 16.0. The van der Waals surface area contributed by atoms with Crippen LogP contribution in [-0.4, -0.2) is 35.8 Å². The number of rotatable bonds is 7. The summed E-state index contributed by atoms with van der Waals surface area (Å²) in [5.41, 5.74) is 0. The molecule has 0 aromatic rings. The van der Waals surface area contributed by atoms with E-state index in [1.54, 1.807) is 0 Å². The van der Waals surface area contributed by atoms with Crippen LogP contribution < -0.4 is 0 Å². The molecule has 0 saturated carbocycles. The lowest BCUT2D eigenvalue weighted by atomic mass is 9.84. The highest BCUT2D eigenvalue weighted by Gasteiger charge is 2.40. The number of hydroxylamine groups is 2. The van der Waals surface area contributed by atoms with Gasteiger partial charge in [0.1, 0.15) is 6.10 Å². The van der Waals surface area contributed by atoms with Gasteiger partial charge in [-0.15, -0.1) is 0 Å². The van der Waals surface area contributed by atoms with Gasteiger partial charge in [0, 0.05) is 31.3 Å². The van der Waals surface area contributed by atoms with Crippen LogP contribution in [0.25, 0.3) is 0 Å². The van der Waals surface area contributed by atoms with Crippen molar-refractivity contribution in [3.63, 3.8) is 0 Å². The van der Waals surface area contributed by atoms with E-state index in [1.807, 2.05) is 13.8 Å². The van der Waals surface area contributed by atoms with E-state index in [9.17, 15) is 4.79 Å². The van der Waals surface area contributed by atoms with Gasteiger partial charge in [-0.05, 0) is 25.2 Å². The van der Waals surface area contributed by atoms with Crippen LogP contribution in [0.15, 0.2) is 0 Å². The molecule has 0 spiro atoms. The number of hydrogen-bond donors (Lipinski definition) is 0. The van der Waals surface area contributed by atoms with Crippen molar-refractivity contribution in [1.29, 1.82) is 0 Å². The molecular weight excluding hydrogens is 266 g/mol. The standard InChI is InChI=1S/C17H33NO3/c1-7-9-17(19)21-14-10-15(12(3)4)18(20-8-2)16(11-14)13(5)6/h12-16H,7-11H2,1-6H3. The van der Waals surface area contributed by atoms with Crippen molar-refractivity contribution in [1.82, 2.24) is 5.06 Å². The number of carbonyl (C=O) groups excluding carboxylic acids is 1. The van der Waals surface area contributed by atoms with Crippen LogP contribution in [0.5, 0.6) is 0 Å². The van der Waals surface area contributed by atoms with Crippen LogP contribution in [0.3, 0.4) is 0 Å². The van der Waals surface area contributed by atoms with Crippen molar-refractivity contribution < 1.29 is 14.4 Å². The first-order valence-electron chi connectivity index (χ1n) is 8.51. The first-order valence-corrected chi connectivity index (χ1v) is 8.51. The summed E-state index contributed by atoms with van der Waals surface area (Å²) < 4.78 is 5.70. The molecule has 1 heterocycles. The summed E-state index contributed by atoms with van der Waals surface area (Å²) in [4.78, 5) is 17.7. The Morgan fingerprint density at radius 2 is 1.62 bits per heavy atom. The van der Waals surface area contributed by atoms with E-state index in [4.69, 9.17) is 9.57 Å². The number of esters is 1. The van der Waals surface area contributed by atoms with Gasteiger partial charge < -0.3 is 4.74 Å². The fourth-order valence-corrected chi connectivity index (χ4v) is 3.11. The fraction of sp³-hybridized carbons (Fsp3) is 0.941. The van der Waals surface area contributed by atoms with Gasteiger partial charge >= 0.3 is 5.97 Å². The van der Waals surface area contributed by atoms with Crippen LogP contribution in [-0.2, 0) is 14.4 Å². The Balaban J connectivity index is 2.81. The Kier molecular flexibility index (Phi) is 7.67. The van der Waals surface area contributed by atoms with Crippen LogP contribution in [0, 0.1) is 11.8 Å². The van der Waals surface area contributed by atoms with E-state index in [0.29, 0.717) is 36.9 Å². The Bertz CT molecular complexity index is 299. The van der Waals surface area contributed by atoms with Gasteiger partial charge in [-0.2, -0.15) is 5.06 Å². The quantitative estimate of drug-likeness (QED) is 0.670. The SMILES string of the molecule is CCCC(=O)OC1CC(C(C)C)N(OCC)C(C(C)C)C1. The molecule has 4 heteroatoms. The second kappa shape index (κ2) is 8.74. The van der Waals surface area contributed by atoms with Crippen molar-refractivity contribution in [2.45, 2.75) is 85.4 Å². The third kappa shape index (κ3) is 5.26. The summed E-state index contributed by atoms with van der Waals surface area (Å²) in [6.07, 6.45) is 3.13. The molecule has 4 nitrogen and oxygen atoms in total. The maximum absolute atomic E-state index is 11.8. The van der Waals surface area contributed by atoms with E-state index in [1.165, 1.54) is 0 Å².